The van der Waals surface area contributed by atoms with Crippen LogP contribution < -0.4 is 0 Å². The molecule has 0 unspecified atom stereocenters. The van der Waals surface area contributed by atoms with Crippen LogP contribution in [0.25, 0.3) is 0 Å². The Morgan fingerprint density at radius 1 is 1.23 bits per heavy atom. The number of phenols is 1. The molecule has 0 atom stereocenters. The zero-order valence-electron chi connectivity index (χ0n) is 15.4. The Labute approximate surface area is 154 Å². The Morgan fingerprint density at radius 2 is 2.00 bits per heavy atom. The Balaban J connectivity index is 1.39. The number of carbonyl (C=O) groups is 1. The van der Waals surface area contributed by atoms with E-state index in [1.165, 1.54) is 25.1 Å². The molecule has 1 saturated heterocycles. The Kier molecular flexibility index (Phi) is 4.70. The lowest BCUT2D eigenvalue weighted by Crippen LogP contribution is -2.38. The number of benzene rings is 1. The number of aromatic hydroxyl groups is 1. The monoisotopic (exact) mass is 353 g/mol. The van der Waals surface area contributed by atoms with E-state index in [2.05, 4.69) is 15.7 Å². The maximum atomic E-state index is 12.7. The minimum absolute atomic E-state index is 0.0107. The van der Waals surface area contributed by atoms with Gasteiger partial charge in [0.1, 0.15) is 11.6 Å². The minimum atomic E-state index is 0.0107. The first-order valence-corrected chi connectivity index (χ1v) is 9.71. The molecule has 5 nitrogen and oxygen atoms in total. The number of nitrogens with zero attached hydrogens (tertiary/aromatic N) is 3. The van der Waals surface area contributed by atoms with E-state index < -0.39 is 0 Å². The molecule has 2 aliphatic rings. The number of imidazole rings is 1. The van der Waals surface area contributed by atoms with E-state index in [-0.39, 0.29) is 11.7 Å². The van der Waals surface area contributed by atoms with Crippen LogP contribution in [0.4, 0.5) is 0 Å². The molecule has 1 N–H and O–H groups in total. The minimum Gasteiger partial charge on any atom is -0.508 e. The highest BCUT2D eigenvalue weighted by Gasteiger charge is 2.28. The molecule has 1 aromatic heterocycles. The van der Waals surface area contributed by atoms with Gasteiger partial charge in [0.05, 0.1) is 0 Å². The van der Waals surface area contributed by atoms with Crippen molar-refractivity contribution < 1.29 is 9.90 Å². The summed E-state index contributed by atoms with van der Waals surface area (Å²) in [5.41, 5.74) is 1.36. The van der Waals surface area contributed by atoms with Crippen LogP contribution in [-0.4, -0.2) is 38.6 Å². The molecular formula is C21H27N3O2. The molecule has 4 rings (SSSR count). The SMILES string of the molecule is Cc1ccc(C(=O)N2CCC(c3nccn3CC3CCC3)CC2)cc1O. The second kappa shape index (κ2) is 7.14. The van der Waals surface area contributed by atoms with Gasteiger partial charge in [-0.15, -0.1) is 0 Å². The average molecular weight is 353 g/mol. The lowest BCUT2D eigenvalue weighted by molar-refractivity contribution is 0.0709. The van der Waals surface area contributed by atoms with E-state index in [0.717, 1.165) is 44.0 Å². The molecule has 138 valence electrons. The summed E-state index contributed by atoms with van der Waals surface area (Å²) in [5, 5.41) is 9.86. The summed E-state index contributed by atoms with van der Waals surface area (Å²) in [6, 6.07) is 5.18. The summed E-state index contributed by atoms with van der Waals surface area (Å²) in [7, 11) is 0. The predicted octanol–water partition coefficient (Wildman–Crippen LogP) is 3.72. The molecule has 0 radical (unpaired) electrons. The molecule has 2 fully saturated rings. The van der Waals surface area contributed by atoms with E-state index in [0.29, 0.717) is 11.5 Å². The van der Waals surface area contributed by atoms with Crippen molar-refractivity contribution in [3.63, 3.8) is 0 Å². The number of aromatic nitrogens is 2. The lowest BCUT2D eigenvalue weighted by Gasteiger charge is -2.33. The van der Waals surface area contributed by atoms with Crippen LogP contribution in [0.2, 0.25) is 0 Å². The summed E-state index contributed by atoms with van der Waals surface area (Å²) in [6.07, 6.45) is 9.98. The van der Waals surface area contributed by atoms with Gasteiger partial charge in [-0.05, 0) is 56.2 Å². The third kappa shape index (κ3) is 3.35. The normalized spacial score (nSPS) is 18.7. The summed E-state index contributed by atoms with van der Waals surface area (Å²) >= 11 is 0. The zero-order chi connectivity index (χ0) is 18.1. The maximum absolute atomic E-state index is 12.7. The number of hydrogen-bond acceptors (Lipinski definition) is 3. The van der Waals surface area contributed by atoms with Crippen LogP contribution in [0.3, 0.4) is 0 Å². The third-order valence-corrected chi connectivity index (χ3v) is 6.03. The van der Waals surface area contributed by atoms with Gasteiger partial charge in [0.2, 0.25) is 0 Å². The average Bonchev–Trinajstić information content (AvgIpc) is 3.08. The fourth-order valence-electron chi connectivity index (χ4n) is 4.05. The van der Waals surface area contributed by atoms with E-state index in [9.17, 15) is 9.90 Å². The van der Waals surface area contributed by atoms with E-state index in [4.69, 9.17) is 0 Å². The number of likely N-dealkylation sites (tertiary alicyclic amines) is 1. The van der Waals surface area contributed by atoms with Crippen molar-refractivity contribution in [3.8, 4) is 5.75 Å². The van der Waals surface area contributed by atoms with E-state index in [1.54, 1.807) is 18.2 Å². The number of hydrogen-bond donors (Lipinski definition) is 1. The van der Waals surface area contributed by atoms with Gasteiger partial charge >= 0.3 is 0 Å². The predicted molar refractivity (Wildman–Crippen MR) is 100 cm³/mol. The number of phenolic OH excluding ortho intramolecular Hbond substituents is 1. The summed E-state index contributed by atoms with van der Waals surface area (Å²) in [5.74, 6) is 2.64. The molecule has 26 heavy (non-hydrogen) atoms. The molecule has 1 aliphatic carbocycles. The van der Waals surface area contributed by atoms with Crippen molar-refractivity contribution >= 4 is 5.91 Å². The van der Waals surface area contributed by atoms with Crippen LogP contribution in [0, 0.1) is 12.8 Å². The zero-order valence-corrected chi connectivity index (χ0v) is 15.4. The van der Waals surface area contributed by atoms with Gasteiger partial charge in [-0.3, -0.25) is 4.79 Å². The largest absolute Gasteiger partial charge is 0.508 e. The molecule has 5 heteroatoms. The van der Waals surface area contributed by atoms with Crippen molar-refractivity contribution in [3.05, 3.63) is 47.5 Å². The lowest BCUT2D eigenvalue weighted by atomic mass is 9.85. The quantitative estimate of drug-likeness (QED) is 0.911. The van der Waals surface area contributed by atoms with Gasteiger partial charge in [-0.1, -0.05) is 12.5 Å². The van der Waals surface area contributed by atoms with Gasteiger partial charge in [0.15, 0.2) is 0 Å². The molecule has 1 aromatic carbocycles. The number of aryl methyl sites for hydroxylation is 1. The Bertz CT molecular complexity index is 786. The first kappa shape index (κ1) is 17.1. The molecule has 0 bridgehead atoms. The van der Waals surface area contributed by atoms with Crippen LogP contribution in [0.1, 0.15) is 59.8 Å². The Morgan fingerprint density at radius 3 is 2.65 bits per heavy atom. The fourth-order valence-corrected chi connectivity index (χ4v) is 4.05. The molecule has 2 heterocycles. The van der Waals surface area contributed by atoms with Crippen molar-refractivity contribution in [2.45, 2.75) is 51.5 Å². The summed E-state index contributed by atoms with van der Waals surface area (Å²) in [4.78, 5) is 19.2. The fraction of sp³-hybridized carbons (Fsp3) is 0.524. The molecule has 1 aliphatic heterocycles. The standard InChI is InChI=1S/C21H27N3O2/c1-15-5-6-18(13-19(15)25)21(26)23-10-7-17(8-11-23)20-22-9-12-24(20)14-16-3-2-4-16/h5-6,9,12-13,16-17,25H,2-4,7-8,10-11,14H2,1H3. The van der Waals surface area contributed by atoms with Crippen LogP contribution in [-0.2, 0) is 6.54 Å². The molecule has 2 aromatic rings. The first-order chi connectivity index (χ1) is 12.6. The van der Waals surface area contributed by atoms with E-state index in [1.807, 2.05) is 18.0 Å². The van der Waals surface area contributed by atoms with Crippen LogP contribution >= 0.6 is 0 Å². The second-order valence-corrected chi connectivity index (χ2v) is 7.80. The maximum Gasteiger partial charge on any atom is 0.253 e. The third-order valence-electron chi connectivity index (χ3n) is 6.03. The number of rotatable bonds is 4. The highest BCUT2D eigenvalue weighted by molar-refractivity contribution is 5.94. The van der Waals surface area contributed by atoms with Gasteiger partial charge in [-0.25, -0.2) is 4.98 Å². The van der Waals surface area contributed by atoms with Crippen molar-refractivity contribution in [2.24, 2.45) is 5.92 Å². The second-order valence-electron chi connectivity index (χ2n) is 7.80. The molecule has 1 saturated carbocycles. The number of piperidine rings is 1. The van der Waals surface area contributed by atoms with Gasteiger partial charge in [-0.2, -0.15) is 0 Å². The topological polar surface area (TPSA) is 58.4 Å². The molecular weight excluding hydrogens is 326 g/mol. The summed E-state index contributed by atoms with van der Waals surface area (Å²) < 4.78 is 2.34. The molecule has 1 amide bonds. The van der Waals surface area contributed by atoms with E-state index >= 15 is 0 Å². The van der Waals surface area contributed by atoms with Gasteiger partial charge < -0.3 is 14.6 Å². The van der Waals surface area contributed by atoms with Crippen LogP contribution in [0.15, 0.2) is 30.6 Å². The van der Waals surface area contributed by atoms with Crippen molar-refractivity contribution in [1.29, 1.82) is 0 Å². The summed E-state index contributed by atoms with van der Waals surface area (Å²) in [6.45, 7) is 4.42. The molecule has 0 spiro atoms. The first-order valence-electron chi connectivity index (χ1n) is 9.71. The number of carbonyl (C=O) groups excluding carboxylic acids is 1. The van der Waals surface area contributed by atoms with Crippen molar-refractivity contribution in [1.82, 2.24) is 14.5 Å². The highest BCUT2D eigenvalue weighted by atomic mass is 16.3. The Hall–Kier alpha value is -2.30. The smallest absolute Gasteiger partial charge is 0.253 e. The number of amides is 1. The van der Waals surface area contributed by atoms with Gasteiger partial charge in [0, 0.05) is 43.5 Å². The van der Waals surface area contributed by atoms with Crippen molar-refractivity contribution in [2.75, 3.05) is 13.1 Å². The van der Waals surface area contributed by atoms with Crippen LogP contribution in [0.5, 0.6) is 5.75 Å². The highest BCUT2D eigenvalue weighted by Crippen LogP contribution is 2.32. The van der Waals surface area contributed by atoms with Gasteiger partial charge in [0.25, 0.3) is 5.91 Å².